The lowest BCUT2D eigenvalue weighted by Gasteiger charge is -2.11. The number of fused-ring (bicyclic) bond motifs is 1. The highest BCUT2D eigenvalue weighted by Gasteiger charge is 2.32. The van der Waals surface area contributed by atoms with Crippen LogP contribution in [0.15, 0.2) is 30.5 Å². The van der Waals surface area contributed by atoms with E-state index in [0.29, 0.717) is 11.0 Å². The van der Waals surface area contributed by atoms with Gasteiger partial charge in [-0.15, -0.1) is 0 Å². The first kappa shape index (κ1) is 9.92. The maximum absolute atomic E-state index is 13.1. The van der Waals surface area contributed by atoms with E-state index in [4.69, 9.17) is 5.11 Å². The summed E-state index contributed by atoms with van der Waals surface area (Å²) in [4.78, 5) is 7.59. The molecular weight excluding hydrogens is 202 g/mol. The van der Waals surface area contributed by atoms with Gasteiger partial charge in [0, 0.05) is 0 Å². The largest absolute Gasteiger partial charge is 0.390 e. The van der Waals surface area contributed by atoms with Crippen molar-refractivity contribution in [3.05, 3.63) is 36.2 Å². The number of halogens is 2. The van der Waals surface area contributed by atoms with Crippen molar-refractivity contribution in [3.8, 4) is 0 Å². The Balaban J connectivity index is 2.56. The maximum Gasteiger partial charge on any atom is 0.313 e. The number of benzene rings is 1. The highest BCUT2D eigenvalue weighted by molar-refractivity contribution is 5.73. The summed E-state index contributed by atoms with van der Waals surface area (Å²) in [6, 6.07) is 6.72. The lowest BCUT2D eigenvalue weighted by atomic mass is 10.2. The van der Waals surface area contributed by atoms with E-state index in [9.17, 15) is 8.78 Å². The first-order chi connectivity index (χ1) is 7.13. The zero-order valence-electron chi connectivity index (χ0n) is 7.69. The Morgan fingerprint density at radius 1 is 1.20 bits per heavy atom. The predicted molar refractivity (Wildman–Crippen MR) is 50.5 cm³/mol. The number of aliphatic hydroxyl groups is 1. The first-order valence-electron chi connectivity index (χ1n) is 4.34. The van der Waals surface area contributed by atoms with Gasteiger partial charge in [0.15, 0.2) is 0 Å². The molecule has 0 saturated heterocycles. The van der Waals surface area contributed by atoms with Gasteiger partial charge in [0.1, 0.15) is 12.3 Å². The summed E-state index contributed by atoms with van der Waals surface area (Å²) < 4.78 is 26.1. The van der Waals surface area contributed by atoms with Gasteiger partial charge in [0.25, 0.3) is 0 Å². The molecule has 5 heteroatoms. The van der Waals surface area contributed by atoms with Crippen molar-refractivity contribution in [1.29, 1.82) is 0 Å². The molecule has 2 rings (SSSR count). The monoisotopic (exact) mass is 210 g/mol. The third kappa shape index (κ3) is 1.78. The summed E-state index contributed by atoms with van der Waals surface area (Å²) in [6.45, 7) is -1.26. The van der Waals surface area contributed by atoms with Crippen LogP contribution >= 0.6 is 0 Å². The molecular formula is C10H8F2N2O. The number of aromatic nitrogens is 2. The fourth-order valence-corrected chi connectivity index (χ4v) is 1.21. The van der Waals surface area contributed by atoms with E-state index in [0.717, 1.165) is 6.20 Å². The Morgan fingerprint density at radius 2 is 1.87 bits per heavy atom. The van der Waals surface area contributed by atoms with Gasteiger partial charge in [-0.05, 0) is 12.1 Å². The van der Waals surface area contributed by atoms with Crippen molar-refractivity contribution in [2.24, 2.45) is 0 Å². The van der Waals surface area contributed by atoms with Crippen LogP contribution in [0, 0.1) is 0 Å². The van der Waals surface area contributed by atoms with Gasteiger partial charge in [0.2, 0.25) is 0 Å². The molecule has 78 valence electrons. The van der Waals surface area contributed by atoms with E-state index in [2.05, 4.69) is 9.97 Å². The summed E-state index contributed by atoms with van der Waals surface area (Å²) in [6.07, 6.45) is 0.985. The minimum absolute atomic E-state index is 0.392. The Labute approximate surface area is 84.4 Å². The van der Waals surface area contributed by atoms with Crippen LogP contribution in [0.2, 0.25) is 0 Å². The van der Waals surface area contributed by atoms with Crippen LogP contribution < -0.4 is 0 Å². The quantitative estimate of drug-likeness (QED) is 0.820. The van der Waals surface area contributed by atoms with Gasteiger partial charge in [0.05, 0.1) is 17.2 Å². The van der Waals surface area contributed by atoms with Gasteiger partial charge in [-0.2, -0.15) is 8.78 Å². The fraction of sp³-hybridized carbons (Fsp3) is 0.200. The summed E-state index contributed by atoms with van der Waals surface area (Å²) in [7, 11) is 0. The molecule has 1 N–H and O–H groups in total. The number of alkyl halides is 2. The molecule has 0 bridgehead atoms. The van der Waals surface area contributed by atoms with E-state index in [1.54, 1.807) is 24.3 Å². The Morgan fingerprint density at radius 3 is 2.53 bits per heavy atom. The zero-order valence-corrected chi connectivity index (χ0v) is 7.69. The van der Waals surface area contributed by atoms with Crippen LogP contribution in [0.4, 0.5) is 8.78 Å². The number of hydrogen-bond donors (Lipinski definition) is 1. The van der Waals surface area contributed by atoms with E-state index in [1.807, 2.05) is 0 Å². The fourth-order valence-electron chi connectivity index (χ4n) is 1.21. The lowest BCUT2D eigenvalue weighted by Crippen LogP contribution is -2.20. The lowest BCUT2D eigenvalue weighted by molar-refractivity contribution is -0.0592. The van der Waals surface area contributed by atoms with E-state index < -0.39 is 18.2 Å². The molecule has 1 aromatic heterocycles. The van der Waals surface area contributed by atoms with Gasteiger partial charge >= 0.3 is 5.92 Å². The summed E-state index contributed by atoms with van der Waals surface area (Å²) in [5.74, 6) is -3.34. The molecule has 0 aliphatic carbocycles. The third-order valence-electron chi connectivity index (χ3n) is 2.02. The molecule has 0 spiro atoms. The number of nitrogens with zero attached hydrogens (tertiary/aromatic N) is 2. The van der Waals surface area contributed by atoms with Gasteiger partial charge in [-0.25, -0.2) is 4.98 Å². The number of para-hydroxylation sites is 2. The number of rotatable bonds is 2. The van der Waals surface area contributed by atoms with Crippen molar-refractivity contribution in [2.75, 3.05) is 6.61 Å². The van der Waals surface area contributed by atoms with Crippen LogP contribution in [0.25, 0.3) is 11.0 Å². The normalized spacial score (nSPS) is 11.9. The highest BCUT2D eigenvalue weighted by atomic mass is 19.3. The molecule has 0 aliphatic rings. The summed E-state index contributed by atoms with van der Waals surface area (Å²) in [5.41, 5.74) is 0.432. The molecule has 0 radical (unpaired) electrons. The molecule has 0 atom stereocenters. The molecule has 1 heterocycles. The van der Waals surface area contributed by atoms with Crippen LogP contribution in [-0.2, 0) is 5.92 Å². The predicted octanol–water partition coefficient (Wildman–Crippen LogP) is 1.71. The topological polar surface area (TPSA) is 46.0 Å². The molecule has 0 fully saturated rings. The highest BCUT2D eigenvalue weighted by Crippen LogP contribution is 2.25. The number of aliphatic hydroxyl groups excluding tert-OH is 1. The molecule has 15 heavy (non-hydrogen) atoms. The first-order valence-corrected chi connectivity index (χ1v) is 4.34. The molecule has 0 amide bonds. The van der Waals surface area contributed by atoms with Gasteiger partial charge in [-0.1, -0.05) is 12.1 Å². The van der Waals surface area contributed by atoms with E-state index >= 15 is 0 Å². The second kappa shape index (κ2) is 3.51. The average Bonchev–Trinajstić information content (AvgIpc) is 2.28. The minimum Gasteiger partial charge on any atom is -0.390 e. The standard InChI is InChI=1S/C10H8F2N2O/c11-10(12,6-15)9-5-13-7-3-1-2-4-8(7)14-9/h1-5,15H,6H2. The second-order valence-corrected chi connectivity index (χ2v) is 3.11. The maximum atomic E-state index is 13.1. The second-order valence-electron chi connectivity index (χ2n) is 3.11. The zero-order chi connectivity index (χ0) is 10.9. The van der Waals surface area contributed by atoms with Crippen molar-refractivity contribution in [1.82, 2.24) is 9.97 Å². The van der Waals surface area contributed by atoms with Crippen LogP contribution in [0.5, 0.6) is 0 Å². The number of hydrogen-bond acceptors (Lipinski definition) is 3. The van der Waals surface area contributed by atoms with Crippen LogP contribution in [-0.4, -0.2) is 21.7 Å². The summed E-state index contributed by atoms with van der Waals surface area (Å²) >= 11 is 0. The summed E-state index contributed by atoms with van der Waals surface area (Å²) in [5, 5.41) is 8.50. The molecule has 1 aromatic carbocycles. The van der Waals surface area contributed by atoms with E-state index in [1.165, 1.54) is 0 Å². The van der Waals surface area contributed by atoms with E-state index in [-0.39, 0.29) is 0 Å². The molecule has 3 nitrogen and oxygen atoms in total. The molecule has 0 saturated carbocycles. The third-order valence-corrected chi connectivity index (χ3v) is 2.02. The van der Waals surface area contributed by atoms with Crippen molar-refractivity contribution in [2.45, 2.75) is 5.92 Å². The molecule has 0 unspecified atom stereocenters. The SMILES string of the molecule is OCC(F)(F)c1cnc2ccccc2n1. The smallest absolute Gasteiger partial charge is 0.313 e. The van der Waals surface area contributed by atoms with Crippen molar-refractivity contribution in [3.63, 3.8) is 0 Å². The van der Waals surface area contributed by atoms with Gasteiger partial charge < -0.3 is 5.11 Å². The Kier molecular flexibility index (Phi) is 2.32. The van der Waals surface area contributed by atoms with Crippen molar-refractivity contribution >= 4 is 11.0 Å². The van der Waals surface area contributed by atoms with Gasteiger partial charge in [-0.3, -0.25) is 4.98 Å². The van der Waals surface area contributed by atoms with Crippen LogP contribution in [0.1, 0.15) is 5.69 Å². The Hall–Kier alpha value is -1.62. The molecule has 2 aromatic rings. The Bertz CT molecular complexity index is 488. The minimum atomic E-state index is -3.34. The van der Waals surface area contributed by atoms with Crippen molar-refractivity contribution < 1.29 is 13.9 Å². The van der Waals surface area contributed by atoms with Crippen LogP contribution in [0.3, 0.4) is 0 Å². The average molecular weight is 210 g/mol. The molecule has 0 aliphatic heterocycles.